The minimum absolute atomic E-state index is 0.662. The van der Waals surface area contributed by atoms with Gasteiger partial charge < -0.3 is 28.4 Å². The van der Waals surface area contributed by atoms with Gasteiger partial charge in [0.2, 0.25) is 11.5 Å². The van der Waals surface area contributed by atoms with E-state index in [9.17, 15) is 0 Å². The van der Waals surface area contributed by atoms with Crippen molar-refractivity contribution in [2.75, 3.05) is 39.6 Å². The molecule has 0 saturated carbocycles. The maximum Gasteiger partial charge on any atom is 0.203 e. The molecule has 4 aromatic rings. The van der Waals surface area contributed by atoms with Crippen LogP contribution < -0.4 is 28.4 Å². The molecule has 0 aliphatic heterocycles. The molecule has 386 valence electrons. The lowest BCUT2D eigenvalue weighted by molar-refractivity contribution is 0.234. The monoisotopic (exact) mass is 959 g/mol. The fraction of sp³-hybridized carbons (Fsp3) is 0.562. The minimum atomic E-state index is 0.662. The summed E-state index contributed by atoms with van der Waals surface area (Å²) >= 11 is 0. The summed E-state index contributed by atoms with van der Waals surface area (Å²) < 4.78 is 38.8. The molecular weight excluding hydrogens is 865 g/mol. The third-order valence-electron chi connectivity index (χ3n) is 12.7. The molecule has 0 aliphatic carbocycles. The van der Waals surface area contributed by atoms with Gasteiger partial charge in [0, 0.05) is 0 Å². The highest BCUT2D eigenvalue weighted by atomic mass is 16.5. The molecule has 0 radical (unpaired) electrons. The van der Waals surface area contributed by atoms with Crippen LogP contribution in [0.5, 0.6) is 34.5 Å². The summed E-state index contributed by atoms with van der Waals surface area (Å²) in [6.45, 7) is 17.4. The first kappa shape index (κ1) is 57.7. The van der Waals surface area contributed by atoms with E-state index in [4.69, 9.17) is 28.4 Å². The van der Waals surface area contributed by atoms with Gasteiger partial charge in [-0.25, -0.2) is 0 Å². The summed E-state index contributed by atoms with van der Waals surface area (Å²) in [5, 5.41) is 0. The third kappa shape index (κ3) is 22.9. The molecule has 0 aromatic heterocycles. The topological polar surface area (TPSA) is 55.4 Å². The van der Waals surface area contributed by atoms with Crippen LogP contribution in [0.25, 0.3) is 35.4 Å². The van der Waals surface area contributed by atoms with Crippen molar-refractivity contribution in [3.8, 4) is 45.6 Å². The second kappa shape index (κ2) is 37.0. The quantitative estimate of drug-likeness (QED) is 0.0326. The average Bonchev–Trinajstić information content (AvgIpc) is 3.38. The Morgan fingerprint density at radius 3 is 0.729 bits per heavy atom. The molecule has 0 saturated heterocycles. The molecule has 4 rings (SSSR count). The Morgan fingerprint density at radius 1 is 0.257 bits per heavy atom. The van der Waals surface area contributed by atoms with Gasteiger partial charge in [0.1, 0.15) is 0 Å². The lowest BCUT2D eigenvalue weighted by atomic mass is 10.0. The lowest BCUT2D eigenvalue weighted by Crippen LogP contribution is -2.06. The fourth-order valence-electron chi connectivity index (χ4n) is 8.31. The highest BCUT2D eigenvalue weighted by Crippen LogP contribution is 2.42. The van der Waals surface area contributed by atoms with E-state index in [-0.39, 0.29) is 0 Å². The van der Waals surface area contributed by atoms with E-state index in [1.807, 2.05) is 0 Å². The van der Waals surface area contributed by atoms with Crippen LogP contribution in [-0.2, 0) is 0 Å². The molecular formula is C64H94O6. The number of hydrogen-bond donors (Lipinski definition) is 0. The molecule has 70 heavy (non-hydrogen) atoms. The second-order valence-corrected chi connectivity index (χ2v) is 19.1. The van der Waals surface area contributed by atoms with Gasteiger partial charge in [-0.05, 0) is 96.2 Å². The van der Waals surface area contributed by atoms with E-state index in [0.717, 1.165) is 108 Å². The van der Waals surface area contributed by atoms with Crippen LogP contribution in [0.15, 0.2) is 72.8 Å². The Balaban J connectivity index is 1.51. The molecule has 6 heteroatoms. The van der Waals surface area contributed by atoms with Crippen LogP contribution in [-0.4, -0.2) is 39.6 Å². The first-order valence-electron chi connectivity index (χ1n) is 28.2. The van der Waals surface area contributed by atoms with Crippen molar-refractivity contribution in [2.45, 2.75) is 196 Å². The molecule has 4 aromatic carbocycles. The van der Waals surface area contributed by atoms with Gasteiger partial charge in [0.25, 0.3) is 0 Å². The SMILES string of the molecule is CCCCCCOc1cc(/C=C/c2ccc(-c3ccc(/C=C/c4cc(OCCCCCC)c(OCCCCCC)c(OCCCCCC)c4)cc3)cc2)cc(OCCCCCC)c1OCCCCCC. The first-order valence-corrected chi connectivity index (χ1v) is 28.2. The number of unbranched alkanes of at least 4 members (excludes halogenated alkanes) is 18. The molecule has 0 fully saturated rings. The van der Waals surface area contributed by atoms with Crippen LogP contribution in [0.2, 0.25) is 0 Å². The summed E-state index contributed by atoms with van der Waals surface area (Å²) in [4.78, 5) is 0. The molecule has 0 bridgehead atoms. The summed E-state index contributed by atoms with van der Waals surface area (Å²) in [5.74, 6) is 4.61. The Kier molecular flexibility index (Phi) is 30.5. The van der Waals surface area contributed by atoms with Crippen molar-refractivity contribution in [1.29, 1.82) is 0 Å². The highest BCUT2D eigenvalue weighted by Gasteiger charge is 2.17. The van der Waals surface area contributed by atoms with Gasteiger partial charge >= 0.3 is 0 Å². The molecule has 0 aliphatic rings. The number of ether oxygens (including phenoxy) is 6. The molecule has 0 N–H and O–H groups in total. The largest absolute Gasteiger partial charge is 0.490 e. The maximum absolute atomic E-state index is 6.47. The van der Waals surface area contributed by atoms with E-state index < -0.39 is 0 Å². The zero-order valence-electron chi connectivity index (χ0n) is 44.9. The predicted octanol–water partition coefficient (Wildman–Crippen LogP) is 19.4. The lowest BCUT2D eigenvalue weighted by Gasteiger charge is -2.18. The van der Waals surface area contributed by atoms with Crippen LogP contribution in [0, 0.1) is 0 Å². The van der Waals surface area contributed by atoms with E-state index in [0.29, 0.717) is 39.6 Å². The minimum Gasteiger partial charge on any atom is -0.490 e. The van der Waals surface area contributed by atoms with Gasteiger partial charge in [0.15, 0.2) is 23.0 Å². The number of rotatable bonds is 41. The van der Waals surface area contributed by atoms with Gasteiger partial charge in [0.05, 0.1) is 39.6 Å². The van der Waals surface area contributed by atoms with Crippen molar-refractivity contribution in [3.05, 3.63) is 95.1 Å². The van der Waals surface area contributed by atoms with Crippen LogP contribution in [0.1, 0.15) is 218 Å². The normalized spacial score (nSPS) is 11.5. The molecule has 0 heterocycles. The predicted molar refractivity (Wildman–Crippen MR) is 300 cm³/mol. The van der Waals surface area contributed by atoms with E-state index >= 15 is 0 Å². The summed E-state index contributed by atoms with van der Waals surface area (Å²) in [6.07, 6.45) is 36.4. The van der Waals surface area contributed by atoms with E-state index in [2.05, 4.69) is 139 Å². The third-order valence-corrected chi connectivity index (χ3v) is 12.7. The Labute approximate surface area is 427 Å². The molecule has 0 unspecified atom stereocenters. The summed E-state index contributed by atoms with van der Waals surface area (Å²) in [5.41, 5.74) is 6.69. The molecule has 0 amide bonds. The van der Waals surface area contributed by atoms with Crippen molar-refractivity contribution in [1.82, 2.24) is 0 Å². The molecule has 0 spiro atoms. The summed E-state index contributed by atoms with van der Waals surface area (Å²) in [6, 6.07) is 26.1. The van der Waals surface area contributed by atoms with Gasteiger partial charge in [-0.3, -0.25) is 0 Å². The number of hydrogen-bond acceptors (Lipinski definition) is 6. The van der Waals surface area contributed by atoms with Crippen LogP contribution >= 0.6 is 0 Å². The van der Waals surface area contributed by atoms with E-state index in [1.165, 1.54) is 114 Å². The van der Waals surface area contributed by atoms with Crippen molar-refractivity contribution >= 4 is 24.3 Å². The second-order valence-electron chi connectivity index (χ2n) is 19.1. The Hall–Kier alpha value is -4.84. The highest BCUT2D eigenvalue weighted by molar-refractivity contribution is 5.76. The van der Waals surface area contributed by atoms with Crippen molar-refractivity contribution in [3.63, 3.8) is 0 Å². The Bertz CT molecular complexity index is 1780. The average molecular weight is 959 g/mol. The standard InChI is InChI=1S/C64H94O6/c1-7-13-19-25-43-65-59-49-55(50-60(66-44-26-20-14-8-2)63(59)69-47-29-23-17-11-5)33-31-53-35-39-57(40-36-53)58-41-37-54(38-42-58)32-34-56-51-61(67-45-27-21-15-9-3)64(70-48-30-24-18-12-6)62(52-56)68-46-28-22-16-10-4/h31-42,49-52H,7-30,43-48H2,1-6H3/b33-31+,34-32+. The first-order chi connectivity index (χ1) is 34.5. The Morgan fingerprint density at radius 2 is 0.486 bits per heavy atom. The number of benzene rings is 4. The van der Waals surface area contributed by atoms with Crippen LogP contribution in [0.4, 0.5) is 0 Å². The van der Waals surface area contributed by atoms with E-state index in [1.54, 1.807) is 0 Å². The van der Waals surface area contributed by atoms with Crippen LogP contribution in [0.3, 0.4) is 0 Å². The van der Waals surface area contributed by atoms with Gasteiger partial charge in [-0.2, -0.15) is 0 Å². The maximum atomic E-state index is 6.47. The van der Waals surface area contributed by atoms with Crippen molar-refractivity contribution < 1.29 is 28.4 Å². The zero-order chi connectivity index (χ0) is 49.7. The zero-order valence-corrected chi connectivity index (χ0v) is 44.9. The van der Waals surface area contributed by atoms with Crippen molar-refractivity contribution in [2.24, 2.45) is 0 Å². The fourth-order valence-corrected chi connectivity index (χ4v) is 8.31. The molecule has 0 atom stereocenters. The van der Waals surface area contributed by atoms with Gasteiger partial charge in [-0.15, -0.1) is 0 Å². The smallest absolute Gasteiger partial charge is 0.203 e. The molecule has 6 nitrogen and oxygen atoms in total. The van der Waals surface area contributed by atoms with Gasteiger partial charge in [-0.1, -0.05) is 230 Å². The summed E-state index contributed by atoms with van der Waals surface area (Å²) in [7, 11) is 0.